The fraction of sp³-hybridized carbons (Fsp3) is 0.529. The first-order valence-electron chi connectivity index (χ1n) is 7.96. The Labute approximate surface area is 144 Å². The molecule has 5 nitrogen and oxygen atoms in total. The normalized spacial score (nSPS) is 19.2. The number of nitrogens with one attached hydrogen (secondary N) is 1. The molecule has 23 heavy (non-hydrogen) atoms. The van der Waals surface area contributed by atoms with Crippen LogP contribution in [0.5, 0.6) is 5.75 Å². The molecule has 2 amide bonds. The van der Waals surface area contributed by atoms with E-state index >= 15 is 0 Å². The minimum absolute atomic E-state index is 0.0333. The second-order valence-electron chi connectivity index (χ2n) is 6.68. The quantitative estimate of drug-likeness (QED) is 0.873. The van der Waals surface area contributed by atoms with Gasteiger partial charge in [0.15, 0.2) is 6.61 Å². The smallest absolute Gasteiger partial charge is 0.265 e. The topological polar surface area (TPSA) is 58.6 Å². The van der Waals surface area contributed by atoms with Crippen molar-refractivity contribution in [1.29, 1.82) is 0 Å². The number of amides is 2. The van der Waals surface area contributed by atoms with Gasteiger partial charge in [-0.1, -0.05) is 35.7 Å². The summed E-state index contributed by atoms with van der Waals surface area (Å²) in [7, 11) is 0. The highest BCUT2D eigenvalue weighted by Crippen LogP contribution is 2.37. The highest BCUT2D eigenvalue weighted by molar-refractivity contribution is 9.10. The molecule has 0 unspecified atom stereocenters. The number of fused-ring (bicyclic) bond motifs is 1. The van der Waals surface area contributed by atoms with Crippen LogP contribution in [0.2, 0.25) is 0 Å². The van der Waals surface area contributed by atoms with Crippen molar-refractivity contribution in [2.45, 2.75) is 32.6 Å². The summed E-state index contributed by atoms with van der Waals surface area (Å²) < 4.78 is 6.31. The Bertz CT molecular complexity index is 626. The molecule has 1 fully saturated rings. The Hall–Kier alpha value is -1.56. The first kappa shape index (κ1) is 16.3. The van der Waals surface area contributed by atoms with E-state index in [-0.39, 0.29) is 30.4 Å². The van der Waals surface area contributed by atoms with Crippen LogP contribution in [0.1, 0.15) is 32.6 Å². The Morgan fingerprint density at radius 3 is 2.87 bits per heavy atom. The zero-order chi connectivity index (χ0) is 16.4. The lowest BCUT2D eigenvalue weighted by molar-refractivity contribution is -0.125. The number of halogens is 1. The summed E-state index contributed by atoms with van der Waals surface area (Å²) in [4.78, 5) is 25.9. The van der Waals surface area contributed by atoms with E-state index in [9.17, 15) is 9.59 Å². The lowest BCUT2D eigenvalue weighted by Crippen LogP contribution is -2.46. The molecule has 1 aromatic carbocycles. The van der Waals surface area contributed by atoms with Gasteiger partial charge < -0.3 is 10.1 Å². The van der Waals surface area contributed by atoms with Crippen molar-refractivity contribution in [3.63, 3.8) is 0 Å². The number of carbonyl (C=O) groups is 2. The Morgan fingerprint density at radius 1 is 1.39 bits per heavy atom. The largest absolute Gasteiger partial charge is 0.482 e. The van der Waals surface area contributed by atoms with Crippen LogP contribution < -0.4 is 15.0 Å². The van der Waals surface area contributed by atoms with Gasteiger partial charge >= 0.3 is 0 Å². The maximum absolute atomic E-state index is 12.3. The Kier molecular flexibility index (Phi) is 4.62. The molecule has 1 aromatic rings. The second-order valence-corrected chi connectivity index (χ2v) is 7.59. The molecule has 0 bridgehead atoms. The van der Waals surface area contributed by atoms with Gasteiger partial charge in [0.1, 0.15) is 12.3 Å². The van der Waals surface area contributed by atoms with Crippen LogP contribution in [0, 0.1) is 5.41 Å². The van der Waals surface area contributed by atoms with Crippen molar-refractivity contribution in [2.75, 3.05) is 24.6 Å². The van der Waals surface area contributed by atoms with E-state index < -0.39 is 0 Å². The summed E-state index contributed by atoms with van der Waals surface area (Å²) in [5.74, 6) is 0.304. The molecule has 1 saturated carbocycles. The maximum atomic E-state index is 12.3. The number of rotatable bonds is 4. The highest BCUT2D eigenvalue weighted by atomic mass is 79.9. The summed E-state index contributed by atoms with van der Waals surface area (Å²) in [6, 6.07) is 5.44. The van der Waals surface area contributed by atoms with E-state index in [4.69, 9.17) is 4.74 Å². The van der Waals surface area contributed by atoms with Crippen molar-refractivity contribution in [1.82, 2.24) is 5.32 Å². The SMILES string of the molecule is CC1(CNC(=O)CN2C(=O)COc3cc(Br)ccc32)CCCC1. The predicted molar refractivity (Wildman–Crippen MR) is 91.6 cm³/mol. The number of ether oxygens (including phenoxy) is 1. The molecular weight excluding hydrogens is 360 g/mol. The monoisotopic (exact) mass is 380 g/mol. The summed E-state index contributed by atoms with van der Waals surface area (Å²) in [5, 5.41) is 2.99. The lowest BCUT2D eigenvalue weighted by atomic mass is 9.89. The van der Waals surface area contributed by atoms with Gasteiger partial charge in [-0.15, -0.1) is 0 Å². The molecule has 1 aliphatic heterocycles. The molecule has 1 aliphatic carbocycles. The van der Waals surface area contributed by atoms with E-state index in [1.807, 2.05) is 12.1 Å². The number of nitrogens with zero attached hydrogens (tertiary/aromatic N) is 1. The third kappa shape index (κ3) is 3.68. The second kappa shape index (κ2) is 6.51. The Balaban J connectivity index is 1.65. The maximum Gasteiger partial charge on any atom is 0.265 e. The first-order chi connectivity index (χ1) is 11.0. The van der Waals surface area contributed by atoms with Gasteiger partial charge in [-0.05, 0) is 36.5 Å². The van der Waals surface area contributed by atoms with Crippen LogP contribution in [-0.2, 0) is 9.59 Å². The molecule has 1 heterocycles. The average Bonchev–Trinajstić information content (AvgIpc) is 2.95. The van der Waals surface area contributed by atoms with Crippen molar-refractivity contribution in [2.24, 2.45) is 5.41 Å². The van der Waals surface area contributed by atoms with Gasteiger partial charge in [0.05, 0.1) is 5.69 Å². The zero-order valence-electron chi connectivity index (χ0n) is 13.2. The van der Waals surface area contributed by atoms with Gasteiger partial charge in [-0.25, -0.2) is 0 Å². The van der Waals surface area contributed by atoms with Gasteiger partial charge in [0.25, 0.3) is 5.91 Å². The molecular formula is C17H21BrN2O3. The number of carbonyl (C=O) groups excluding carboxylic acids is 2. The Morgan fingerprint density at radius 2 is 2.13 bits per heavy atom. The number of benzene rings is 1. The van der Waals surface area contributed by atoms with Crippen LogP contribution in [0.15, 0.2) is 22.7 Å². The molecule has 3 rings (SSSR count). The van der Waals surface area contributed by atoms with Crippen molar-refractivity contribution in [3.05, 3.63) is 22.7 Å². The molecule has 0 aromatic heterocycles. The van der Waals surface area contributed by atoms with E-state index in [0.717, 1.165) is 17.3 Å². The molecule has 1 N–H and O–H groups in total. The summed E-state index contributed by atoms with van der Waals surface area (Å²) >= 11 is 3.38. The first-order valence-corrected chi connectivity index (χ1v) is 8.76. The molecule has 2 aliphatic rings. The van der Waals surface area contributed by atoms with E-state index in [1.165, 1.54) is 17.7 Å². The summed E-state index contributed by atoms with van der Waals surface area (Å²) in [6.45, 7) is 2.89. The van der Waals surface area contributed by atoms with Gasteiger partial charge in [-0.3, -0.25) is 14.5 Å². The molecule has 0 spiro atoms. The average molecular weight is 381 g/mol. The number of anilines is 1. The van der Waals surface area contributed by atoms with Gasteiger partial charge in [0, 0.05) is 11.0 Å². The van der Waals surface area contributed by atoms with Crippen LogP contribution in [-0.4, -0.2) is 31.5 Å². The van der Waals surface area contributed by atoms with Gasteiger partial charge in [-0.2, -0.15) is 0 Å². The molecule has 0 atom stereocenters. The fourth-order valence-corrected chi connectivity index (χ4v) is 3.61. The third-order valence-corrected chi connectivity index (χ3v) is 5.18. The van der Waals surface area contributed by atoms with Crippen molar-refractivity contribution in [3.8, 4) is 5.75 Å². The minimum Gasteiger partial charge on any atom is -0.482 e. The minimum atomic E-state index is -0.193. The predicted octanol–water partition coefficient (Wildman–Crippen LogP) is 2.87. The molecule has 0 saturated heterocycles. The van der Waals surface area contributed by atoms with Crippen LogP contribution in [0.4, 0.5) is 5.69 Å². The van der Waals surface area contributed by atoms with Crippen LogP contribution >= 0.6 is 15.9 Å². The lowest BCUT2D eigenvalue weighted by Gasteiger charge is -2.30. The van der Waals surface area contributed by atoms with Crippen LogP contribution in [0.3, 0.4) is 0 Å². The fourth-order valence-electron chi connectivity index (χ4n) is 3.27. The van der Waals surface area contributed by atoms with Crippen LogP contribution in [0.25, 0.3) is 0 Å². The molecule has 124 valence electrons. The summed E-state index contributed by atoms with van der Waals surface area (Å²) in [5.41, 5.74) is 0.847. The van der Waals surface area contributed by atoms with Crippen molar-refractivity contribution >= 4 is 33.4 Å². The van der Waals surface area contributed by atoms with E-state index in [0.29, 0.717) is 18.0 Å². The third-order valence-electron chi connectivity index (χ3n) is 4.69. The standard InChI is InChI=1S/C17H21BrN2O3/c1-17(6-2-3-7-17)11-19-15(21)9-20-13-5-4-12(18)8-14(13)23-10-16(20)22/h4-5,8H,2-3,6-7,9-11H2,1H3,(H,19,21). The highest BCUT2D eigenvalue weighted by Gasteiger charge is 2.31. The van der Waals surface area contributed by atoms with Gasteiger partial charge in [0.2, 0.25) is 5.91 Å². The molecule has 6 heteroatoms. The van der Waals surface area contributed by atoms with E-state index in [1.54, 1.807) is 6.07 Å². The molecule has 0 radical (unpaired) electrons. The van der Waals surface area contributed by atoms with E-state index in [2.05, 4.69) is 28.2 Å². The zero-order valence-corrected chi connectivity index (χ0v) is 14.8. The number of hydrogen-bond acceptors (Lipinski definition) is 3. The number of hydrogen-bond donors (Lipinski definition) is 1. The van der Waals surface area contributed by atoms with Crippen molar-refractivity contribution < 1.29 is 14.3 Å². The summed E-state index contributed by atoms with van der Waals surface area (Å²) in [6.07, 6.45) is 4.77.